The van der Waals surface area contributed by atoms with Crippen LogP contribution in [0, 0.1) is 6.92 Å². The van der Waals surface area contributed by atoms with Crippen molar-refractivity contribution in [3.8, 4) is 10.6 Å². The molecule has 7 heteroatoms. The van der Waals surface area contributed by atoms with Crippen LogP contribution in [0.3, 0.4) is 0 Å². The van der Waals surface area contributed by atoms with Crippen LogP contribution < -0.4 is 0 Å². The molecule has 4 rings (SSSR count). The topological polar surface area (TPSA) is 64.3 Å². The highest BCUT2D eigenvalue weighted by molar-refractivity contribution is 7.15. The molecule has 3 aromatic rings. The van der Waals surface area contributed by atoms with Gasteiger partial charge < -0.3 is 9.26 Å². The maximum Gasteiger partial charge on any atom is 0.223 e. The van der Waals surface area contributed by atoms with Crippen LogP contribution in [0.25, 0.3) is 10.6 Å². The van der Waals surface area contributed by atoms with E-state index in [1.54, 1.807) is 18.3 Å². The molecule has 0 bridgehead atoms. The largest absolute Gasteiger partial charge is 0.367 e. The van der Waals surface area contributed by atoms with E-state index in [-0.39, 0.29) is 6.10 Å². The van der Waals surface area contributed by atoms with E-state index in [4.69, 9.17) is 9.26 Å². The summed E-state index contributed by atoms with van der Waals surface area (Å²) in [6, 6.07) is 10.3. The molecule has 124 valence electrons. The summed E-state index contributed by atoms with van der Waals surface area (Å²) in [5.41, 5.74) is 1.16. The maximum absolute atomic E-state index is 5.78. The van der Waals surface area contributed by atoms with Gasteiger partial charge in [0.05, 0.1) is 6.61 Å². The van der Waals surface area contributed by atoms with E-state index in [1.807, 2.05) is 24.4 Å². The van der Waals surface area contributed by atoms with Crippen molar-refractivity contribution in [3.05, 3.63) is 53.1 Å². The van der Waals surface area contributed by atoms with Gasteiger partial charge in [-0.15, -0.1) is 11.3 Å². The number of morpholine rings is 1. The first-order valence-corrected chi connectivity index (χ1v) is 8.74. The van der Waals surface area contributed by atoms with E-state index in [0.29, 0.717) is 18.3 Å². The summed E-state index contributed by atoms with van der Waals surface area (Å²) in [7, 11) is 0. The van der Waals surface area contributed by atoms with Gasteiger partial charge >= 0.3 is 0 Å². The fourth-order valence-electron chi connectivity index (χ4n) is 2.76. The molecule has 0 aliphatic carbocycles. The minimum absolute atomic E-state index is 0.127. The van der Waals surface area contributed by atoms with Crippen molar-refractivity contribution < 1.29 is 9.26 Å². The summed E-state index contributed by atoms with van der Waals surface area (Å²) in [5, 5.41) is 5.04. The Morgan fingerprint density at radius 2 is 2.17 bits per heavy atom. The summed E-state index contributed by atoms with van der Waals surface area (Å²) < 4.78 is 10.8. The highest BCUT2D eigenvalue weighted by Crippen LogP contribution is 2.27. The van der Waals surface area contributed by atoms with Gasteiger partial charge in [0, 0.05) is 43.2 Å². The maximum atomic E-state index is 5.78. The molecule has 1 atom stereocenters. The third-order valence-corrected chi connectivity index (χ3v) is 4.97. The van der Waals surface area contributed by atoms with Crippen molar-refractivity contribution >= 4 is 11.3 Å². The third kappa shape index (κ3) is 3.38. The van der Waals surface area contributed by atoms with E-state index >= 15 is 0 Å². The normalized spacial score (nSPS) is 18.8. The molecule has 0 N–H and O–H groups in total. The fourth-order valence-corrected chi connectivity index (χ4v) is 3.72. The predicted molar refractivity (Wildman–Crippen MR) is 90.6 cm³/mol. The number of nitrogens with zero attached hydrogens (tertiary/aromatic N) is 4. The van der Waals surface area contributed by atoms with Crippen LogP contribution in [0.5, 0.6) is 0 Å². The molecule has 0 saturated carbocycles. The molecule has 6 nitrogen and oxygen atoms in total. The second kappa shape index (κ2) is 6.80. The lowest BCUT2D eigenvalue weighted by molar-refractivity contribution is -0.0377. The van der Waals surface area contributed by atoms with Crippen molar-refractivity contribution in [2.45, 2.75) is 19.6 Å². The van der Waals surface area contributed by atoms with Crippen molar-refractivity contribution in [2.24, 2.45) is 0 Å². The van der Waals surface area contributed by atoms with Gasteiger partial charge in [0.2, 0.25) is 11.7 Å². The number of benzene rings is 1. The summed E-state index contributed by atoms with van der Waals surface area (Å²) in [4.78, 5) is 12.4. The Kier molecular flexibility index (Phi) is 4.38. The average Bonchev–Trinajstić information content (AvgIpc) is 3.25. The second-order valence-electron chi connectivity index (χ2n) is 5.76. The standard InChI is InChI=1S/C17H18N4O2S/c1-12-19-16(20-23-12)15-11-21(7-8-22-15)10-14-9-18-17(24-14)13-5-3-2-4-6-13/h2-6,9,15H,7-8,10-11H2,1H3/t15-/m0/s1. The number of rotatable bonds is 4. The van der Waals surface area contributed by atoms with Gasteiger partial charge in [0.25, 0.3) is 0 Å². The predicted octanol–water partition coefficient (Wildman–Crippen LogP) is 3.08. The van der Waals surface area contributed by atoms with Crippen molar-refractivity contribution in [3.63, 3.8) is 0 Å². The Morgan fingerprint density at radius 1 is 1.29 bits per heavy atom. The summed E-state index contributed by atoms with van der Waals surface area (Å²) in [6.07, 6.45) is 1.84. The number of hydrogen-bond donors (Lipinski definition) is 0. The van der Waals surface area contributed by atoms with E-state index in [1.165, 1.54) is 4.88 Å². The Morgan fingerprint density at radius 3 is 2.96 bits per heavy atom. The van der Waals surface area contributed by atoms with Crippen LogP contribution in [0.4, 0.5) is 0 Å². The van der Waals surface area contributed by atoms with Crippen LogP contribution in [-0.4, -0.2) is 39.7 Å². The fraction of sp³-hybridized carbons (Fsp3) is 0.353. The molecular formula is C17H18N4O2S. The smallest absolute Gasteiger partial charge is 0.223 e. The molecule has 2 aromatic heterocycles. The molecule has 1 fully saturated rings. The van der Waals surface area contributed by atoms with Crippen LogP contribution >= 0.6 is 11.3 Å². The van der Waals surface area contributed by atoms with Crippen LogP contribution in [-0.2, 0) is 11.3 Å². The lowest BCUT2D eigenvalue weighted by atomic mass is 10.2. The summed E-state index contributed by atoms with van der Waals surface area (Å²) >= 11 is 1.74. The zero-order chi connectivity index (χ0) is 16.4. The van der Waals surface area contributed by atoms with E-state index in [0.717, 1.165) is 30.2 Å². The second-order valence-corrected chi connectivity index (χ2v) is 6.88. The molecule has 0 unspecified atom stereocenters. The van der Waals surface area contributed by atoms with Crippen LogP contribution in [0.2, 0.25) is 0 Å². The van der Waals surface area contributed by atoms with E-state index in [9.17, 15) is 0 Å². The Balaban J connectivity index is 1.43. The number of ether oxygens (including phenoxy) is 1. The quantitative estimate of drug-likeness (QED) is 0.726. The molecule has 0 amide bonds. The number of thiazole rings is 1. The van der Waals surface area contributed by atoms with Gasteiger partial charge in [0.15, 0.2) is 0 Å². The minimum atomic E-state index is -0.127. The molecule has 0 spiro atoms. The Bertz CT molecular complexity index is 802. The van der Waals surface area contributed by atoms with Crippen LogP contribution in [0.15, 0.2) is 41.1 Å². The van der Waals surface area contributed by atoms with Crippen LogP contribution in [0.1, 0.15) is 22.7 Å². The highest BCUT2D eigenvalue weighted by atomic mass is 32.1. The molecule has 0 radical (unpaired) electrons. The van der Waals surface area contributed by atoms with Crippen molar-refractivity contribution in [1.82, 2.24) is 20.0 Å². The molecule has 1 aliphatic rings. The Labute approximate surface area is 144 Å². The molecule has 1 saturated heterocycles. The van der Waals surface area contributed by atoms with Gasteiger partial charge in [-0.1, -0.05) is 35.5 Å². The first-order valence-electron chi connectivity index (χ1n) is 7.92. The number of aromatic nitrogens is 3. The highest BCUT2D eigenvalue weighted by Gasteiger charge is 2.26. The monoisotopic (exact) mass is 342 g/mol. The molecule has 24 heavy (non-hydrogen) atoms. The molecule has 1 aliphatic heterocycles. The number of hydrogen-bond acceptors (Lipinski definition) is 7. The summed E-state index contributed by atoms with van der Waals surface area (Å²) in [5.74, 6) is 1.20. The zero-order valence-electron chi connectivity index (χ0n) is 13.4. The first-order chi connectivity index (χ1) is 11.8. The third-order valence-electron chi connectivity index (χ3n) is 3.94. The van der Waals surface area contributed by atoms with Gasteiger partial charge in [-0.3, -0.25) is 4.90 Å². The zero-order valence-corrected chi connectivity index (χ0v) is 14.2. The van der Waals surface area contributed by atoms with Crippen molar-refractivity contribution in [1.29, 1.82) is 0 Å². The van der Waals surface area contributed by atoms with Gasteiger partial charge in [-0.2, -0.15) is 4.98 Å². The first kappa shape index (κ1) is 15.4. The van der Waals surface area contributed by atoms with E-state index < -0.39 is 0 Å². The minimum Gasteiger partial charge on any atom is -0.367 e. The number of aryl methyl sites for hydroxylation is 1. The SMILES string of the molecule is Cc1nc([C@@H]2CN(Cc3cnc(-c4ccccc4)s3)CCO2)no1. The lowest BCUT2D eigenvalue weighted by Crippen LogP contribution is -2.38. The molecular weight excluding hydrogens is 324 g/mol. The van der Waals surface area contributed by atoms with Gasteiger partial charge in [0.1, 0.15) is 11.1 Å². The van der Waals surface area contributed by atoms with Gasteiger partial charge in [-0.05, 0) is 0 Å². The van der Waals surface area contributed by atoms with Gasteiger partial charge in [-0.25, -0.2) is 4.98 Å². The molecule has 3 heterocycles. The van der Waals surface area contributed by atoms with Crippen molar-refractivity contribution in [2.75, 3.05) is 19.7 Å². The lowest BCUT2D eigenvalue weighted by Gasteiger charge is -2.30. The summed E-state index contributed by atoms with van der Waals surface area (Å²) in [6.45, 7) is 4.98. The van der Waals surface area contributed by atoms with E-state index in [2.05, 4.69) is 32.2 Å². The Hall–Kier alpha value is -2.09. The average molecular weight is 342 g/mol. The molecule has 1 aromatic carbocycles.